The summed E-state index contributed by atoms with van der Waals surface area (Å²) in [6.45, 7) is 8.80. The SMILES string of the molecule is Cc1cnc(CN=C(N)C(C)(C)C)s1. The van der Waals surface area contributed by atoms with Crippen molar-refractivity contribution in [1.82, 2.24) is 4.98 Å². The van der Waals surface area contributed by atoms with Gasteiger partial charge in [0.25, 0.3) is 0 Å². The Morgan fingerprint density at radius 2 is 2.21 bits per heavy atom. The van der Waals surface area contributed by atoms with Gasteiger partial charge in [0.1, 0.15) is 5.01 Å². The third kappa shape index (κ3) is 3.10. The van der Waals surface area contributed by atoms with Crippen LogP contribution in [-0.2, 0) is 6.54 Å². The van der Waals surface area contributed by atoms with Crippen LogP contribution in [0.3, 0.4) is 0 Å². The molecule has 0 spiro atoms. The molecule has 3 nitrogen and oxygen atoms in total. The highest BCUT2D eigenvalue weighted by atomic mass is 32.1. The van der Waals surface area contributed by atoms with Gasteiger partial charge in [-0.15, -0.1) is 11.3 Å². The number of aryl methyl sites for hydroxylation is 1. The van der Waals surface area contributed by atoms with Gasteiger partial charge in [-0.05, 0) is 6.92 Å². The second-order valence-electron chi connectivity index (χ2n) is 4.32. The highest BCUT2D eigenvalue weighted by Crippen LogP contribution is 2.15. The summed E-state index contributed by atoms with van der Waals surface area (Å²) < 4.78 is 0. The summed E-state index contributed by atoms with van der Waals surface area (Å²) in [4.78, 5) is 9.76. The Kier molecular flexibility index (Phi) is 3.26. The summed E-state index contributed by atoms with van der Waals surface area (Å²) in [7, 11) is 0. The number of nitrogens with two attached hydrogens (primary N) is 1. The number of hydrogen-bond donors (Lipinski definition) is 1. The Bertz CT molecular complexity index is 333. The molecule has 1 heterocycles. The summed E-state index contributed by atoms with van der Waals surface area (Å²) in [5, 5.41) is 1.02. The van der Waals surface area contributed by atoms with Crippen LogP contribution in [0, 0.1) is 12.3 Å². The lowest BCUT2D eigenvalue weighted by atomic mass is 9.95. The van der Waals surface area contributed by atoms with Crippen LogP contribution in [0.5, 0.6) is 0 Å². The molecule has 0 aliphatic carbocycles. The van der Waals surface area contributed by atoms with Crippen LogP contribution in [0.2, 0.25) is 0 Å². The second-order valence-corrected chi connectivity index (χ2v) is 5.64. The van der Waals surface area contributed by atoms with Crippen LogP contribution < -0.4 is 5.73 Å². The van der Waals surface area contributed by atoms with Gasteiger partial charge in [-0.3, -0.25) is 4.99 Å². The zero-order chi connectivity index (χ0) is 10.8. The number of aliphatic imine (C=N–C) groups is 1. The summed E-state index contributed by atoms with van der Waals surface area (Å²) in [5.74, 6) is 0.686. The fourth-order valence-corrected chi connectivity index (χ4v) is 1.58. The molecule has 14 heavy (non-hydrogen) atoms. The monoisotopic (exact) mass is 211 g/mol. The molecule has 0 aliphatic heterocycles. The van der Waals surface area contributed by atoms with Gasteiger partial charge in [0.2, 0.25) is 0 Å². The normalized spacial score (nSPS) is 13.3. The lowest BCUT2D eigenvalue weighted by Gasteiger charge is -2.16. The molecule has 0 saturated carbocycles. The third-order valence-corrected chi connectivity index (χ3v) is 2.72. The molecule has 1 aromatic rings. The van der Waals surface area contributed by atoms with E-state index in [2.05, 4.69) is 30.7 Å². The smallest absolute Gasteiger partial charge is 0.114 e. The number of nitrogens with zero attached hydrogens (tertiary/aromatic N) is 2. The van der Waals surface area contributed by atoms with Gasteiger partial charge in [-0.2, -0.15) is 0 Å². The Morgan fingerprint density at radius 3 is 2.64 bits per heavy atom. The average molecular weight is 211 g/mol. The van der Waals surface area contributed by atoms with Crippen molar-refractivity contribution in [3.8, 4) is 0 Å². The van der Waals surface area contributed by atoms with Crippen molar-refractivity contribution in [2.75, 3.05) is 0 Å². The van der Waals surface area contributed by atoms with E-state index >= 15 is 0 Å². The van der Waals surface area contributed by atoms with E-state index in [-0.39, 0.29) is 5.41 Å². The Labute approximate surface area is 89.1 Å². The summed E-state index contributed by atoms with van der Waals surface area (Å²) in [5.41, 5.74) is 5.78. The molecular weight excluding hydrogens is 194 g/mol. The molecule has 1 rings (SSSR count). The van der Waals surface area contributed by atoms with Crippen molar-refractivity contribution in [2.45, 2.75) is 34.2 Å². The minimum Gasteiger partial charge on any atom is -0.387 e. The Hall–Kier alpha value is -0.900. The maximum absolute atomic E-state index is 5.83. The molecule has 0 amide bonds. The molecule has 78 valence electrons. The topological polar surface area (TPSA) is 51.3 Å². The van der Waals surface area contributed by atoms with Gasteiger partial charge in [0.05, 0.1) is 12.4 Å². The van der Waals surface area contributed by atoms with Crippen LogP contribution >= 0.6 is 11.3 Å². The summed E-state index contributed by atoms with van der Waals surface area (Å²) >= 11 is 1.67. The lowest BCUT2D eigenvalue weighted by Crippen LogP contribution is -2.28. The number of aromatic nitrogens is 1. The number of amidine groups is 1. The van der Waals surface area contributed by atoms with E-state index in [4.69, 9.17) is 5.73 Å². The highest BCUT2D eigenvalue weighted by Gasteiger charge is 2.14. The quantitative estimate of drug-likeness (QED) is 0.603. The first-order valence-electron chi connectivity index (χ1n) is 4.61. The Balaban J connectivity index is 2.64. The number of thiazole rings is 1. The zero-order valence-electron chi connectivity index (χ0n) is 9.16. The molecule has 0 radical (unpaired) electrons. The largest absolute Gasteiger partial charge is 0.387 e. The predicted octanol–water partition coefficient (Wildman–Crippen LogP) is 2.35. The van der Waals surface area contributed by atoms with Crippen LogP contribution in [-0.4, -0.2) is 10.8 Å². The van der Waals surface area contributed by atoms with E-state index in [1.807, 2.05) is 13.1 Å². The van der Waals surface area contributed by atoms with Crippen molar-refractivity contribution in [1.29, 1.82) is 0 Å². The van der Waals surface area contributed by atoms with Crippen molar-refractivity contribution >= 4 is 17.2 Å². The van der Waals surface area contributed by atoms with Crippen LogP contribution in [0.1, 0.15) is 30.7 Å². The van der Waals surface area contributed by atoms with Gasteiger partial charge in [0, 0.05) is 16.5 Å². The number of rotatable bonds is 2. The van der Waals surface area contributed by atoms with E-state index in [1.54, 1.807) is 11.3 Å². The lowest BCUT2D eigenvalue weighted by molar-refractivity contribution is 0.581. The van der Waals surface area contributed by atoms with Gasteiger partial charge in [-0.25, -0.2) is 4.98 Å². The van der Waals surface area contributed by atoms with Crippen molar-refractivity contribution < 1.29 is 0 Å². The molecule has 0 bridgehead atoms. The summed E-state index contributed by atoms with van der Waals surface area (Å²) in [6, 6.07) is 0. The van der Waals surface area contributed by atoms with E-state index in [1.165, 1.54) is 4.88 Å². The molecular formula is C10H17N3S. The number of hydrogen-bond acceptors (Lipinski definition) is 3. The molecule has 0 unspecified atom stereocenters. The van der Waals surface area contributed by atoms with E-state index in [0.29, 0.717) is 12.4 Å². The fourth-order valence-electron chi connectivity index (χ4n) is 0.865. The van der Waals surface area contributed by atoms with E-state index in [9.17, 15) is 0 Å². The molecule has 4 heteroatoms. The molecule has 2 N–H and O–H groups in total. The van der Waals surface area contributed by atoms with Gasteiger partial charge in [-0.1, -0.05) is 20.8 Å². The predicted molar refractivity (Wildman–Crippen MR) is 61.6 cm³/mol. The molecule has 0 fully saturated rings. The minimum absolute atomic E-state index is 0.0493. The van der Waals surface area contributed by atoms with E-state index in [0.717, 1.165) is 5.01 Å². The maximum atomic E-state index is 5.83. The first-order chi connectivity index (χ1) is 6.39. The minimum atomic E-state index is -0.0493. The molecule has 1 aromatic heterocycles. The maximum Gasteiger partial charge on any atom is 0.114 e. The zero-order valence-corrected chi connectivity index (χ0v) is 9.98. The van der Waals surface area contributed by atoms with Gasteiger partial charge < -0.3 is 5.73 Å². The molecule has 0 saturated heterocycles. The second kappa shape index (κ2) is 4.09. The van der Waals surface area contributed by atoms with Crippen molar-refractivity contribution in [3.05, 3.63) is 16.1 Å². The molecule has 0 atom stereocenters. The van der Waals surface area contributed by atoms with Gasteiger partial charge >= 0.3 is 0 Å². The van der Waals surface area contributed by atoms with Crippen LogP contribution in [0.15, 0.2) is 11.2 Å². The van der Waals surface area contributed by atoms with E-state index < -0.39 is 0 Å². The third-order valence-electron chi connectivity index (χ3n) is 1.82. The standard InChI is InChI=1S/C10H17N3S/c1-7-5-12-8(14-7)6-13-9(11)10(2,3)4/h5H,6H2,1-4H3,(H2,11,13). The molecule has 0 aliphatic rings. The van der Waals surface area contributed by atoms with Crippen molar-refractivity contribution in [3.63, 3.8) is 0 Å². The first kappa shape index (κ1) is 11.2. The Morgan fingerprint density at radius 1 is 1.57 bits per heavy atom. The van der Waals surface area contributed by atoms with Crippen LogP contribution in [0.25, 0.3) is 0 Å². The van der Waals surface area contributed by atoms with Gasteiger partial charge in [0.15, 0.2) is 0 Å². The average Bonchev–Trinajstić information content (AvgIpc) is 2.45. The highest BCUT2D eigenvalue weighted by molar-refractivity contribution is 7.11. The summed E-state index contributed by atoms with van der Waals surface area (Å²) in [6.07, 6.45) is 1.86. The van der Waals surface area contributed by atoms with Crippen molar-refractivity contribution in [2.24, 2.45) is 16.1 Å². The molecule has 0 aromatic carbocycles. The first-order valence-corrected chi connectivity index (χ1v) is 5.43. The van der Waals surface area contributed by atoms with Crippen LogP contribution in [0.4, 0.5) is 0 Å². The fraction of sp³-hybridized carbons (Fsp3) is 0.600.